The van der Waals surface area contributed by atoms with Crippen LogP contribution in [-0.2, 0) is 6.42 Å². The van der Waals surface area contributed by atoms with Crippen molar-refractivity contribution in [3.8, 4) is 11.5 Å². The molecule has 0 spiro atoms. The van der Waals surface area contributed by atoms with E-state index in [1.807, 2.05) is 44.2 Å². The van der Waals surface area contributed by atoms with Crippen LogP contribution in [0.15, 0.2) is 73.2 Å². The fraction of sp³-hybridized carbons (Fsp3) is 0.250. The lowest BCUT2D eigenvalue weighted by atomic mass is 10.1. The van der Waals surface area contributed by atoms with Gasteiger partial charge in [-0.3, -0.25) is 14.5 Å². The van der Waals surface area contributed by atoms with Crippen molar-refractivity contribution in [2.24, 2.45) is 0 Å². The normalized spacial score (nSPS) is 13.0. The molecule has 288 valence electrons. The van der Waals surface area contributed by atoms with Crippen molar-refractivity contribution in [1.82, 2.24) is 24.8 Å². The lowest BCUT2D eigenvalue weighted by Crippen LogP contribution is -2.47. The summed E-state index contributed by atoms with van der Waals surface area (Å²) in [4.78, 5) is 49.6. The van der Waals surface area contributed by atoms with Crippen molar-refractivity contribution < 1.29 is 19.8 Å². The number of benzene rings is 2. The van der Waals surface area contributed by atoms with E-state index in [1.54, 1.807) is 44.3 Å². The number of phenolic OH excluding ortho intramolecular Hbond substituents is 2. The fourth-order valence-electron chi connectivity index (χ4n) is 6.35. The maximum absolute atomic E-state index is 13.0. The number of hydrogen-bond donors (Lipinski definition) is 6. The Hall–Kier alpha value is -6.10. The van der Waals surface area contributed by atoms with E-state index in [0.29, 0.717) is 54.2 Å². The summed E-state index contributed by atoms with van der Waals surface area (Å²) in [6, 6.07) is 16.6. The third-order valence-electron chi connectivity index (χ3n) is 9.67. The van der Waals surface area contributed by atoms with E-state index in [-0.39, 0.29) is 23.3 Å². The minimum atomic E-state index is -0.293. The first-order valence-electron chi connectivity index (χ1n) is 18.1. The quantitative estimate of drug-likeness (QED) is 0.0725. The number of thiazole rings is 2. The number of rotatable bonds is 12. The van der Waals surface area contributed by atoms with Crippen LogP contribution in [-0.4, -0.2) is 79.6 Å². The molecule has 1 fully saturated rings. The zero-order valence-electron chi connectivity index (χ0n) is 31.4. The predicted molar refractivity (Wildman–Crippen MR) is 223 cm³/mol. The van der Waals surface area contributed by atoms with Crippen molar-refractivity contribution in [1.29, 1.82) is 0 Å². The maximum Gasteiger partial charge on any atom is 0.267 e. The Morgan fingerprint density at radius 2 is 1.29 bits per heavy atom. The number of aromatic hydroxyl groups is 2. The van der Waals surface area contributed by atoms with Crippen LogP contribution in [0.2, 0.25) is 0 Å². The van der Waals surface area contributed by atoms with Gasteiger partial charge in [-0.05, 0) is 87.2 Å². The summed E-state index contributed by atoms with van der Waals surface area (Å²) in [6.45, 7) is 11.6. The number of hydrogen-bond acceptors (Lipinski definition) is 14. The van der Waals surface area contributed by atoms with Crippen molar-refractivity contribution in [3.63, 3.8) is 0 Å². The van der Waals surface area contributed by atoms with Crippen LogP contribution in [0.1, 0.15) is 47.2 Å². The minimum absolute atomic E-state index is 0.130. The largest absolute Gasteiger partial charge is 0.508 e. The highest BCUT2D eigenvalue weighted by molar-refractivity contribution is 7.18. The van der Waals surface area contributed by atoms with Gasteiger partial charge in [-0.2, -0.15) is 0 Å². The number of nitrogens with zero attached hydrogens (tertiary/aromatic N) is 6. The van der Waals surface area contributed by atoms with E-state index in [1.165, 1.54) is 35.1 Å². The van der Waals surface area contributed by atoms with Gasteiger partial charge in [-0.15, -0.1) is 0 Å². The molecule has 0 radical (unpaired) electrons. The molecule has 6 N–H and O–H groups in total. The summed E-state index contributed by atoms with van der Waals surface area (Å²) in [5, 5.41) is 33.5. The highest BCUT2D eigenvalue weighted by Gasteiger charge is 2.20. The SMILES string of the molecule is Cc1ccc(O)c(C)c1NC(=O)c1cnc(Nc2cc(CCN3CCN(c4cccc(Nc5ncc(C(=O)Nc6c(C)ccc(O)c6C)s5)n4)CC3)ccn2)s1. The standard InChI is InChI=1S/C40H42N10O4S2/c1-23-8-10-28(51)25(3)35(23)47-37(53)30-21-42-39(55-30)45-32-6-5-7-34(44-32)50-18-16-49(17-19-50)15-13-27-12-14-41-33(20-27)46-40-43-22-31(56-40)38(54)48-36-24(2)9-11-29(52)26(36)4/h5-12,14,20-22,51-52H,13,15-19H2,1-4H3,(H,47,53)(H,48,54)(H,41,43,46)(H,42,44,45). The second kappa shape index (κ2) is 16.7. The molecule has 1 aliphatic rings. The number of carbonyl (C=O) groups is 2. The zero-order valence-corrected chi connectivity index (χ0v) is 33.0. The van der Waals surface area contributed by atoms with Crippen LogP contribution in [0, 0.1) is 27.7 Å². The molecule has 7 rings (SSSR count). The van der Waals surface area contributed by atoms with Crippen LogP contribution >= 0.6 is 22.7 Å². The molecule has 0 saturated carbocycles. The highest BCUT2D eigenvalue weighted by Crippen LogP contribution is 2.31. The molecule has 2 amide bonds. The Morgan fingerprint density at radius 1 is 0.714 bits per heavy atom. The molecule has 1 saturated heterocycles. The number of pyridine rings is 2. The van der Waals surface area contributed by atoms with Crippen LogP contribution in [0.4, 0.5) is 39.1 Å². The second-order valence-electron chi connectivity index (χ2n) is 13.5. The van der Waals surface area contributed by atoms with Gasteiger partial charge in [0.2, 0.25) is 0 Å². The molecule has 0 aliphatic carbocycles. The average Bonchev–Trinajstić information content (AvgIpc) is 3.88. The third-order valence-corrected chi connectivity index (χ3v) is 11.5. The van der Waals surface area contributed by atoms with Crippen molar-refractivity contribution in [3.05, 3.63) is 111 Å². The first-order chi connectivity index (χ1) is 27.0. The molecule has 56 heavy (non-hydrogen) atoms. The van der Waals surface area contributed by atoms with Gasteiger partial charge >= 0.3 is 0 Å². The predicted octanol–water partition coefficient (Wildman–Crippen LogP) is 7.39. The molecule has 1 aliphatic heterocycles. The number of anilines is 7. The van der Waals surface area contributed by atoms with Gasteiger partial charge in [0.15, 0.2) is 10.3 Å². The lowest BCUT2D eigenvalue weighted by molar-refractivity contribution is 0.102. The van der Waals surface area contributed by atoms with Crippen LogP contribution in [0.25, 0.3) is 0 Å². The minimum Gasteiger partial charge on any atom is -0.508 e. The second-order valence-corrected chi connectivity index (χ2v) is 15.6. The van der Waals surface area contributed by atoms with Gasteiger partial charge in [0, 0.05) is 50.0 Å². The summed E-state index contributed by atoms with van der Waals surface area (Å²) >= 11 is 2.46. The Bertz CT molecular complexity index is 2390. The van der Waals surface area contributed by atoms with Gasteiger partial charge in [-0.1, -0.05) is 40.9 Å². The molecule has 5 heterocycles. The number of piperazine rings is 1. The van der Waals surface area contributed by atoms with Crippen LogP contribution in [0.3, 0.4) is 0 Å². The molecule has 0 atom stereocenters. The smallest absolute Gasteiger partial charge is 0.267 e. The first-order valence-corrected chi connectivity index (χ1v) is 19.7. The molecule has 0 bridgehead atoms. The van der Waals surface area contributed by atoms with E-state index in [4.69, 9.17) is 4.98 Å². The van der Waals surface area contributed by atoms with Gasteiger partial charge in [0.1, 0.15) is 38.7 Å². The molecule has 2 aromatic carbocycles. The summed E-state index contributed by atoms with van der Waals surface area (Å²) in [5.74, 6) is 1.84. The molecule has 14 nitrogen and oxygen atoms in total. The Balaban J connectivity index is 0.878. The fourth-order valence-corrected chi connectivity index (χ4v) is 7.79. The highest BCUT2D eigenvalue weighted by atomic mass is 32.1. The lowest BCUT2D eigenvalue weighted by Gasteiger charge is -2.35. The monoisotopic (exact) mass is 790 g/mol. The summed E-state index contributed by atoms with van der Waals surface area (Å²) in [6.07, 6.45) is 5.69. The molecule has 6 aromatic rings. The Kier molecular flexibility index (Phi) is 11.4. The van der Waals surface area contributed by atoms with E-state index in [2.05, 4.69) is 46.0 Å². The number of aryl methyl sites for hydroxylation is 2. The Labute approximate surface area is 332 Å². The number of aromatic nitrogens is 4. The van der Waals surface area contributed by atoms with E-state index < -0.39 is 0 Å². The van der Waals surface area contributed by atoms with Crippen molar-refractivity contribution in [2.75, 3.05) is 58.9 Å². The molecular weight excluding hydrogens is 749 g/mol. The number of carbonyl (C=O) groups excluding carboxylic acids is 2. The van der Waals surface area contributed by atoms with E-state index in [9.17, 15) is 19.8 Å². The summed E-state index contributed by atoms with van der Waals surface area (Å²) in [5.41, 5.74) is 5.29. The van der Waals surface area contributed by atoms with Crippen molar-refractivity contribution in [2.45, 2.75) is 34.1 Å². The van der Waals surface area contributed by atoms with Gasteiger partial charge in [0.05, 0.1) is 23.8 Å². The molecule has 4 aromatic heterocycles. The van der Waals surface area contributed by atoms with Crippen molar-refractivity contribution >= 4 is 73.6 Å². The number of phenols is 2. The van der Waals surface area contributed by atoms with E-state index >= 15 is 0 Å². The molecular formula is C40H42N10O4S2. The van der Waals surface area contributed by atoms with Gasteiger partial charge in [0.25, 0.3) is 11.8 Å². The topological polar surface area (TPSA) is 181 Å². The van der Waals surface area contributed by atoms with Crippen LogP contribution in [0.5, 0.6) is 11.5 Å². The van der Waals surface area contributed by atoms with E-state index in [0.717, 1.165) is 61.7 Å². The third kappa shape index (κ3) is 8.88. The van der Waals surface area contributed by atoms with Gasteiger partial charge < -0.3 is 36.4 Å². The zero-order chi connectivity index (χ0) is 39.3. The first kappa shape index (κ1) is 38.2. The molecule has 16 heteroatoms. The average molecular weight is 791 g/mol. The molecule has 0 unspecified atom stereocenters. The Morgan fingerprint density at radius 3 is 1.88 bits per heavy atom. The van der Waals surface area contributed by atoms with Crippen LogP contribution < -0.4 is 26.2 Å². The number of nitrogens with one attached hydrogen (secondary N) is 4. The van der Waals surface area contributed by atoms with Gasteiger partial charge in [-0.25, -0.2) is 19.9 Å². The maximum atomic E-state index is 13.0. The summed E-state index contributed by atoms with van der Waals surface area (Å²) in [7, 11) is 0. The summed E-state index contributed by atoms with van der Waals surface area (Å²) < 4.78 is 0. The number of amides is 2.